The van der Waals surface area contributed by atoms with Crippen LogP contribution in [0.2, 0.25) is 0 Å². The zero-order valence-electron chi connectivity index (χ0n) is 10.0. The van der Waals surface area contributed by atoms with Crippen LogP contribution in [0.15, 0.2) is 18.2 Å². The lowest BCUT2D eigenvalue weighted by Gasteiger charge is -2.15. The molecule has 0 amide bonds. The van der Waals surface area contributed by atoms with Gasteiger partial charge in [0.15, 0.2) is 0 Å². The standard InChI is InChI=1S/C12H18F2N2O/c1-8(7-17-2)6-16-11-4-3-9(15)5-10(11)12(13)14/h3-5,8,12,16H,6-7,15H2,1-2H3. The lowest BCUT2D eigenvalue weighted by Crippen LogP contribution is -2.16. The average Bonchev–Trinajstić information content (AvgIpc) is 2.27. The molecule has 0 aliphatic heterocycles. The summed E-state index contributed by atoms with van der Waals surface area (Å²) < 4.78 is 30.5. The fraction of sp³-hybridized carbons (Fsp3) is 0.500. The Bertz CT molecular complexity index is 358. The molecule has 1 rings (SSSR count). The number of halogens is 2. The van der Waals surface area contributed by atoms with E-state index in [4.69, 9.17) is 10.5 Å². The zero-order chi connectivity index (χ0) is 12.8. The number of anilines is 2. The van der Waals surface area contributed by atoms with Crippen molar-refractivity contribution in [1.29, 1.82) is 0 Å². The lowest BCUT2D eigenvalue weighted by molar-refractivity contribution is 0.152. The van der Waals surface area contributed by atoms with Crippen LogP contribution in [-0.4, -0.2) is 20.3 Å². The molecule has 0 radical (unpaired) electrons. The highest BCUT2D eigenvalue weighted by molar-refractivity contribution is 5.58. The largest absolute Gasteiger partial charge is 0.399 e. The Morgan fingerprint density at radius 1 is 1.41 bits per heavy atom. The van der Waals surface area contributed by atoms with Gasteiger partial charge in [-0.2, -0.15) is 0 Å². The number of alkyl halides is 2. The number of rotatable bonds is 6. The van der Waals surface area contributed by atoms with Crippen LogP contribution < -0.4 is 11.1 Å². The molecule has 3 nitrogen and oxygen atoms in total. The van der Waals surface area contributed by atoms with Gasteiger partial charge in [-0.1, -0.05) is 6.92 Å². The Kier molecular flexibility index (Phi) is 5.15. The molecule has 0 aliphatic carbocycles. The smallest absolute Gasteiger partial charge is 0.265 e. The Labute approximate surface area is 100.0 Å². The summed E-state index contributed by atoms with van der Waals surface area (Å²) in [5.41, 5.74) is 6.20. The van der Waals surface area contributed by atoms with Crippen LogP contribution in [0, 0.1) is 5.92 Å². The predicted octanol–water partition coefficient (Wildman–Crippen LogP) is 2.90. The number of nitrogen functional groups attached to an aromatic ring is 1. The van der Waals surface area contributed by atoms with E-state index in [0.29, 0.717) is 24.5 Å². The highest BCUT2D eigenvalue weighted by Crippen LogP contribution is 2.29. The van der Waals surface area contributed by atoms with Crippen LogP contribution in [0.5, 0.6) is 0 Å². The molecule has 3 N–H and O–H groups in total. The third kappa shape index (κ3) is 4.19. The molecular weight excluding hydrogens is 226 g/mol. The highest BCUT2D eigenvalue weighted by Gasteiger charge is 2.13. The Balaban J connectivity index is 2.70. The fourth-order valence-corrected chi connectivity index (χ4v) is 1.55. The van der Waals surface area contributed by atoms with Crippen LogP contribution in [0.25, 0.3) is 0 Å². The summed E-state index contributed by atoms with van der Waals surface area (Å²) in [4.78, 5) is 0. The average molecular weight is 244 g/mol. The van der Waals surface area contributed by atoms with E-state index < -0.39 is 6.43 Å². The molecule has 0 aromatic heterocycles. The van der Waals surface area contributed by atoms with Gasteiger partial charge in [-0.25, -0.2) is 8.78 Å². The van der Waals surface area contributed by atoms with E-state index in [1.165, 1.54) is 6.07 Å². The van der Waals surface area contributed by atoms with Gasteiger partial charge in [0, 0.05) is 30.6 Å². The van der Waals surface area contributed by atoms with Crippen molar-refractivity contribution in [2.24, 2.45) is 5.92 Å². The van der Waals surface area contributed by atoms with E-state index in [1.54, 1.807) is 19.2 Å². The summed E-state index contributed by atoms with van der Waals surface area (Å²) in [7, 11) is 1.62. The summed E-state index contributed by atoms with van der Waals surface area (Å²) in [5.74, 6) is 0.253. The molecular formula is C12H18F2N2O. The predicted molar refractivity (Wildman–Crippen MR) is 65.3 cm³/mol. The van der Waals surface area contributed by atoms with Crippen molar-refractivity contribution in [3.8, 4) is 0 Å². The first kappa shape index (κ1) is 13.7. The van der Waals surface area contributed by atoms with Crippen molar-refractivity contribution >= 4 is 11.4 Å². The van der Waals surface area contributed by atoms with Gasteiger partial charge in [-0.3, -0.25) is 0 Å². The molecule has 17 heavy (non-hydrogen) atoms. The normalized spacial score (nSPS) is 12.8. The molecule has 0 saturated carbocycles. The third-order valence-electron chi connectivity index (χ3n) is 2.40. The number of hydrogen-bond donors (Lipinski definition) is 2. The minimum Gasteiger partial charge on any atom is -0.399 e. The molecule has 5 heteroatoms. The van der Waals surface area contributed by atoms with Gasteiger partial charge in [0.05, 0.1) is 6.61 Å². The summed E-state index contributed by atoms with van der Waals surface area (Å²) in [6, 6.07) is 4.49. The SMILES string of the molecule is COCC(C)CNc1ccc(N)cc1C(F)F. The second-order valence-corrected chi connectivity index (χ2v) is 4.09. The molecule has 1 aromatic carbocycles. The fourth-order valence-electron chi connectivity index (χ4n) is 1.55. The second kappa shape index (κ2) is 6.39. The molecule has 1 atom stereocenters. The molecule has 0 bridgehead atoms. The van der Waals surface area contributed by atoms with Crippen LogP contribution in [-0.2, 0) is 4.74 Å². The number of nitrogens with one attached hydrogen (secondary N) is 1. The number of hydrogen-bond acceptors (Lipinski definition) is 3. The molecule has 1 aromatic rings. The Morgan fingerprint density at radius 3 is 2.71 bits per heavy atom. The van der Waals surface area contributed by atoms with E-state index in [1.807, 2.05) is 6.92 Å². The molecule has 0 spiro atoms. The molecule has 0 heterocycles. The van der Waals surface area contributed by atoms with Gasteiger partial charge in [0.2, 0.25) is 0 Å². The van der Waals surface area contributed by atoms with E-state index in [0.717, 1.165) is 0 Å². The molecule has 96 valence electrons. The highest BCUT2D eigenvalue weighted by atomic mass is 19.3. The van der Waals surface area contributed by atoms with E-state index >= 15 is 0 Å². The first-order valence-corrected chi connectivity index (χ1v) is 5.45. The zero-order valence-corrected chi connectivity index (χ0v) is 10.0. The van der Waals surface area contributed by atoms with Crippen LogP contribution in [0.3, 0.4) is 0 Å². The van der Waals surface area contributed by atoms with Crippen LogP contribution in [0.4, 0.5) is 20.2 Å². The van der Waals surface area contributed by atoms with Crippen molar-refractivity contribution in [1.82, 2.24) is 0 Å². The summed E-state index contributed by atoms with van der Waals surface area (Å²) in [6.45, 7) is 3.15. The molecule has 0 saturated heterocycles. The third-order valence-corrected chi connectivity index (χ3v) is 2.40. The molecule has 0 aliphatic rings. The number of ether oxygens (including phenoxy) is 1. The van der Waals surface area contributed by atoms with Crippen molar-refractivity contribution in [2.45, 2.75) is 13.3 Å². The van der Waals surface area contributed by atoms with Gasteiger partial charge in [0.1, 0.15) is 0 Å². The van der Waals surface area contributed by atoms with Crippen molar-refractivity contribution in [2.75, 3.05) is 31.3 Å². The summed E-state index contributed by atoms with van der Waals surface area (Å²) in [5, 5.41) is 2.99. The van der Waals surface area contributed by atoms with Gasteiger partial charge >= 0.3 is 0 Å². The Hall–Kier alpha value is -1.36. The maximum Gasteiger partial charge on any atom is 0.265 e. The van der Waals surface area contributed by atoms with Gasteiger partial charge in [-0.05, 0) is 24.1 Å². The second-order valence-electron chi connectivity index (χ2n) is 4.09. The van der Waals surface area contributed by atoms with Crippen LogP contribution in [0.1, 0.15) is 18.9 Å². The Morgan fingerprint density at radius 2 is 2.12 bits per heavy atom. The number of methoxy groups -OCH3 is 1. The van der Waals surface area contributed by atoms with Crippen molar-refractivity contribution < 1.29 is 13.5 Å². The first-order valence-electron chi connectivity index (χ1n) is 5.45. The maximum absolute atomic E-state index is 12.8. The van der Waals surface area contributed by atoms with Crippen molar-refractivity contribution in [3.63, 3.8) is 0 Å². The molecule has 1 unspecified atom stereocenters. The summed E-state index contributed by atoms with van der Waals surface area (Å²) in [6.07, 6.45) is -2.53. The van der Waals surface area contributed by atoms with Gasteiger partial charge in [-0.15, -0.1) is 0 Å². The maximum atomic E-state index is 12.8. The first-order chi connectivity index (χ1) is 8.04. The monoisotopic (exact) mass is 244 g/mol. The van der Waals surface area contributed by atoms with Crippen molar-refractivity contribution in [3.05, 3.63) is 23.8 Å². The van der Waals surface area contributed by atoms with Crippen LogP contribution >= 0.6 is 0 Å². The number of nitrogens with two attached hydrogens (primary N) is 1. The quantitative estimate of drug-likeness (QED) is 0.756. The van der Waals surface area contributed by atoms with E-state index in [2.05, 4.69) is 5.32 Å². The lowest BCUT2D eigenvalue weighted by atomic mass is 10.1. The minimum absolute atomic E-state index is 0.0605. The van der Waals surface area contributed by atoms with Gasteiger partial charge < -0.3 is 15.8 Å². The summed E-state index contributed by atoms with van der Waals surface area (Å²) >= 11 is 0. The minimum atomic E-state index is -2.53. The molecule has 0 fully saturated rings. The topological polar surface area (TPSA) is 47.3 Å². The van der Waals surface area contributed by atoms with E-state index in [9.17, 15) is 8.78 Å². The van der Waals surface area contributed by atoms with E-state index in [-0.39, 0.29) is 11.5 Å². The van der Waals surface area contributed by atoms with Gasteiger partial charge in [0.25, 0.3) is 6.43 Å². The number of benzene rings is 1.